The zero-order valence-corrected chi connectivity index (χ0v) is 18.4. The van der Waals surface area contributed by atoms with E-state index < -0.39 is 18.2 Å². The first-order chi connectivity index (χ1) is 15.8. The van der Waals surface area contributed by atoms with Gasteiger partial charge in [0.25, 0.3) is 0 Å². The van der Waals surface area contributed by atoms with Crippen molar-refractivity contribution >= 4 is 28.6 Å². The molecule has 0 saturated carbocycles. The molecule has 2 aromatic carbocycles. The number of aryl methyl sites for hydroxylation is 2. The number of carbonyl (C=O) groups is 1. The van der Waals surface area contributed by atoms with Crippen molar-refractivity contribution in [2.45, 2.75) is 50.9 Å². The van der Waals surface area contributed by atoms with Crippen molar-refractivity contribution in [3.05, 3.63) is 59.2 Å². The predicted molar refractivity (Wildman–Crippen MR) is 127 cm³/mol. The Kier molecular flexibility index (Phi) is 8.53. The van der Waals surface area contributed by atoms with Gasteiger partial charge in [0.15, 0.2) is 0 Å². The lowest BCUT2D eigenvalue weighted by atomic mass is 10.0. The number of nitrogen functional groups attached to an aromatic ring is 2. The number of aromatic nitrogens is 2. The standard InChI is InChI=1S/C24H31N5O4/c25-23-20-11-16(7-8-21(20)28-24(26)29-23)4-1-15-2-5-17(6-3-15)14-27-10-9-18(30)12-19(31)13-22(32)33/h2-3,5-8,11,18-19,27,30-31H,1,4,9-10,12-14H2,(H,32,33)(H4,25,26,28,29)/t18-,19-/m1/s1. The van der Waals surface area contributed by atoms with Crippen molar-refractivity contribution in [1.82, 2.24) is 15.3 Å². The highest BCUT2D eigenvalue weighted by Gasteiger charge is 2.14. The van der Waals surface area contributed by atoms with Gasteiger partial charge < -0.3 is 32.1 Å². The number of hydrogen-bond donors (Lipinski definition) is 6. The van der Waals surface area contributed by atoms with E-state index in [4.69, 9.17) is 16.6 Å². The summed E-state index contributed by atoms with van der Waals surface area (Å²) in [7, 11) is 0. The van der Waals surface area contributed by atoms with Gasteiger partial charge in [0.1, 0.15) is 5.82 Å². The molecule has 0 aliphatic heterocycles. The summed E-state index contributed by atoms with van der Waals surface area (Å²) in [6.45, 7) is 1.24. The molecule has 1 heterocycles. The third-order valence-corrected chi connectivity index (χ3v) is 5.47. The van der Waals surface area contributed by atoms with Gasteiger partial charge in [0.2, 0.25) is 5.95 Å². The zero-order chi connectivity index (χ0) is 23.8. The number of nitrogens with two attached hydrogens (primary N) is 2. The molecule has 8 N–H and O–H groups in total. The monoisotopic (exact) mass is 453 g/mol. The lowest BCUT2D eigenvalue weighted by Gasteiger charge is -2.14. The molecule has 0 radical (unpaired) electrons. The molecule has 1 aromatic heterocycles. The van der Waals surface area contributed by atoms with Gasteiger partial charge in [-0.2, -0.15) is 4.98 Å². The molecular formula is C24H31N5O4. The number of benzene rings is 2. The molecule has 2 atom stereocenters. The van der Waals surface area contributed by atoms with E-state index >= 15 is 0 Å². The Balaban J connectivity index is 1.41. The van der Waals surface area contributed by atoms with Crippen LogP contribution >= 0.6 is 0 Å². The first-order valence-corrected chi connectivity index (χ1v) is 11.0. The van der Waals surface area contributed by atoms with E-state index in [9.17, 15) is 15.0 Å². The summed E-state index contributed by atoms with van der Waals surface area (Å²) in [5, 5.41) is 32.2. The normalized spacial score (nSPS) is 13.2. The molecule has 9 heteroatoms. The number of aliphatic carboxylic acids is 1. The summed E-state index contributed by atoms with van der Waals surface area (Å²) in [6, 6.07) is 14.3. The molecule has 0 aliphatic carbocycles. The molecule has 176 valence electrons. The third kappa shape index (κ3) is 7.67. The largest absolute Gasteiger partial charge is 0.481 e. The van der Waals surface area contributed by atoms with Crippen molar-refractivity contribution in [3.8, 4) is 0 Å². The molecule has 0 bridgehead atoms. The quantitative estimate of drug-likeness (QED) is 0.223. The lowest BCUT2D eigenvalue weighted by molar-refractivity contribution is -0.139. The number of fused-ring (bicyclic) bond motifs is 1. The van der Waals surface area contributed by atoms with Crippen molar-refractivity contribution in [3.63, 3.8) is 0 Å². The Hall–Kier alpha value is -3.27. The zero-order valence-electron chi connectivity index (χ0n) is 18.4. The first kappa shape index (κ1) is 24.4. The second-order valence-electron chi connectivity index (χ2n) is 8.24. The topological polar surface area (TPSA) is 168 Å². The number of carboxylic acids is 1. The Labute approximate surface area is 192 Å². The van der Waals surface area contributed by atoms with Gasteiger partial charge in [-0.15, -0.1) is 0 Å². The number of carboxylic acid groups (broad SMARTS) is 1. The molecule has 0 amide bonds. The summed E-state index contributed by atoms with van der Waals surface area (Å²) in [4.78, 5) is 18.8. The average molecular weight is 454 g/mol. The van der Waals surface area contributed by atoms with Crippen molar-refractivity contribution in [2.24, 2.45) is 0 Å². The summed E-state index contributed by atoms with van der Waals surface area (Å²) >= 11 is 0. The van der Waals surface area contributed by atoms with Crippen LogP contribution in [0.1, 0.15) is 36.0 Å². The van der Waals surface area contributed by atoms with Gasteiger partial charge in [-0.25, -0.2) is 4.98 Å². The van der Waals surface area contributed by atoms with E-state index in [1.807, 2.05) is 18.2 Å². The maximum absolute atomic E-state index is 10.5. The Morgan fingerprint density at radius 2 is 1.61 bits per heavy atom. The lowest BCUT2D eigenvalue weighted by Crippen LogP contribution is -2.25. The van der Waals surface area contributed by atoms with Gasteiger partial charge in [-0.1, -0.05) is 30.3 Å². The average Bonchev–Trinajstić information content (AvgIpc) is 2.75. The van der Waals surface area contributed by atoms with Crippen LogP contribution in [-0.2, 0) is 24.2 Å². The second-order valence-corrected chi connectivity index (χ2v) is 8.24. The molecule has 3 aromatic rings. The maximum Gasteiger partial charge on any atom is 0.305 e. The van der Waals surface area contributed by atoms with Gasteiger partial charge >= 0.3 is 5.97 Å². The SMILES string of the molecule is Nc1nc(N)c2cc(CCc3ccc(CNCC[C@@H](O)C[C@@H](O)CC(=O)O)cc3)ccc2n1. The number of hydrogen-bond acceptors (Lipinski definition) is 8. The fourth-order valence-electron chi connectivity index (χ4n) is 3.70. The van der Waals surface area contributed by atoms with E-state index in [0.717, 1.165) is 34.9 Å². The minimum Gasteiger partial charge on any atom is -0.481 e. The van der Waals surface area contributed by atoms with Crippen LogP contribution in [0.4, 0.5) is 11.8 Å². The number of aliphatic hydroxyl groups excluding tert-OH is 2. The Bertz CT molecular complexity index is 1070. The number of rotatable bonds is 12. The van der Waals surface area contributed by atoms with Crippen molar-refractivity contribution in [2.75, 3.05) is 18.0 Å². The van der Waals surface area contributed by atoms with Crippen LogP contribution in [-0.4, -0.2) is 50.0 Å². The minimum absolute atomic E-state index is 0.0631. The molecular weight excluding hydrogens is 422 g/mol. The fraction of sp³-hybridized carbons (Fsp3) is 0.375. The first-order valence-electron chi connectivity index (χ1n) is 11.0. The number of nitrogens with zero attached hydrogens (tertiary/aromatic N) is 2. The molecule has 0 fully saturated rings. The number of aliphatic hydroxyl groups is 2. The molecule has 0 aliphatic rings. The molecule has 3 rings (SSSR count). The molecule has 33 heavy (non-hydrogen) atoms. The highest BCUT2D eigenvalue weighted by molar-refractivity contribution is 5.89. The summed E-state index contributed by atoms with van der Waals surface area (Å²) in [5.74, 6) is -0.508. The molecule has 0 unspecified atom stereocenters. The van der Waals surface area contributed by atoms with Crippen LogP contribution < -0.4 is 16.8 Å². The van der Waals surface area contributed by atoms with Gasteiger partial charge in [-0.05, 0) is 61.1 Å². The molecule has 9 nitrogen and oxygen atoms in total. The van der Waals surface area contributed by atoms with Crippen LogP contribution in [0.25, 0.3) is 10.9 Å². The van der Waals surface area contributed by atoms with Crippen molar-refractivity contribution in [1.29, 1.82) is 0 Å². The van der Waals surface area contributed by atoms with E-state index in [2.05, 4.69) is 39.6 Å². The number of anilines is 2. The molecule has 0 saturated heterocycles. The smallest absolute Gasteiger partial charge is 0.305 e. The number of nitrogens with one attached hydrogen (secondary N) is 1. The molecule has 0 spiro atoms. The van der Waals surface area contributed by atoms with Gasteiger partial charge in [0, 0.05) is 11.9 Å². The predicted octanol–water partition coefficient (Wildman–Crippen LogP) is 1.65. The second kappa shape index (κ2) is 11.6. The van der Waals surface area contributed by atoms with E-state index in [-0.39, 0.29) is 18.8 Å². The highest BCUT2D eigenvalue weighted by Crippen LogP contribution is 2.21. The van der Waals surface area contributed by atoms with Gasteiger partial charge in [-0.3, -0.25) is 4.79 Å². The summed E-state index contributed by atoms with van der Waals surface area (Å²) in [6.07, 6.45) is 0.154. The van der Waals surface area contributed by atoms with Crippen LogP contribution in [0.5, 0.6) is 0 Å². The van der Waals surface area contributed by atoms with Crippen LogP contribution in [0.3, 0.4) is 0 Å². The fourth-order valence-corrected chi connectivity index (χ4v) is 3.70. The Morgan fingerprint density at radius 3 is 2.33 bits per heavy atom. The van der Waals surface area contributed by atoms with E-state index in [1.54, 1.807) is 0 Å². The van der Waals surface area contributed by atoms with Crippen molar-refractivity contribution < 1.29 is 20.1 Å². The van der Waals surface area contributed by atoms with Crippen LogP contribution in [0.2, 0.25) is 0 Å². The Morgan fingerprint density at radius 1 is 0.939 bits per heavy atom. The maximum atomic E-state index is 10.5. The summed E-state index contributed by atoms with van der Waals surface area (Å²) < 4.78 is 0. The minimum atomic E-state index is -1.07. The summed E-state index contributed by atoms with van der Waals surface area (Å²) in [5.41, 5.74) is 15.9. The van der Waals surface area contributed by atoms with Crippen LogP contribution in [0.15, 0.2) is 42.5 Å². The third-order valence-electron chi connectivity index (χ3n) is 5.47. The van der Waals surface area contributed by atoms with Gasteiger partial charge in [0.05, 0.1) is 24.1 Å². The van der Waals surface area contributed by atoms with Crippen LogP contribution in [0, 0.1) is 0 Å². The van der Waals surface area contributed by atoms with E-state index in [1.165, 1.54) is 5.56 Å². The van der Waals surface area contributed by atoms with E-state index in [0.29, 0.717) is 25.3 Å². The highest BCUT2D eigenvalue weighted by atomic mass is 16.4.